The highest BCUT2D eigenvalue weighted by Crippen LogP contribution is 2.32. The monoisotopic (exact) mass is 445 g/mol. The molecule has 6 heteroatoms. The largest absolute Gasteiger partial charge is 0.493 e. The summed E-state index contributed by atoms with van der Waals surface area (Å²) in [5.74, 6) is 0.681. The number of carbonyl (C=O) groups excluding carboxylic acids is 1. The van der Waals surface area contributed by atoms with E-state index in [0.29, 0.717) is 25.1 Å². The quantitative estimate of drug-likeness (QED) is 0.309. The Morgan fingerprint density at radius 2 is 1.82 bits per heavy atom. The van der Waals surface area contributed by atoms with Crippen molar-refractivity contribution in [2.24, 2.45) is 0 Å². The minimum absolute atomic E-state index is 0.00917. The maximum absolute atomic E-state index is 13.3. The number of carboxylic acids is 1. The first-order valence-electron chi connectivity index (χ1n) is 11.1. The van der Waals surface area contributed by atoms with Crippen LogP contribution >= 0.6 is 0 Å². The fourth-order valence-electron chi connectivity index (χ4n) is 3.64. The molecule has 3 aromatic rings. The lowest BCUT2D eigenvalue weighted by molar-refractivity contribution is -0.136. The van der Waals surface area contributed by atoms with E-state index in [1.165, 1.54) is 0 Å². The van der Waals surface area contributed by atoms with Crippen molar-refractivity contribution in [1.29, 1.82) is 0 Å². The molecule has 1 amide bonds. The van der Waals surface area contributed by atoms with Gasteiger partial charge in [0.2, 0.25) is 0 Å². The Hall–Kier alpha value is -3.80. The second-order valence-corrected chi connectivity index (χ2v) is 8.03. The van der Waals surface area contributed by atoms with Crippen molar-refractivity contribution in [2.75, 3.05) is 6.61 Å². The van der Waals surface area contributed by atoms with Crippen molar-refractivity contribution < 1.29 is 23.8 Å². The molecule has 170 valence electrons. The summed E-state index contributed by atoms with van der Waals surface area (Å²) >= 11 is 0. The van der Waals surface area contributed by atoms with E-state index in [2.05, 4.69) is 0 Å². The van der Waals surface area contributed by atoms with Gasteiger partial charge in [-0.25, -0.2) is 0 Å². The summed E-state index contributed by atoms with van der Waals surface area (Å²) in [6, 6.07) is 19.2. The van der Waals surface area contributed by atoms with Gasteiger partial charge in [0.25, 0.3) is 5.91 Å². The van der Waals surface area contributed by atoms with Crippen molar-refractivity contribution in [3.63, 3.8) is 0 Å². The molecule has 0 aliphatic heterocycles. The summed E-state index contributed by atoms with van der Waals surface area (Å²) in [7, 11) is 0. The van der Waals surface area contributed by atoms with E-state index >= 15 is 0 Å². The number of carboxylic acid groups (broad SMARTS) is 1. The number of amides is 1. The Morgan fingerprint density at radius 3 is 2.52 bits per heavy atom. The summed E-state index contributed by atoms with van der Waals surface area (Å²) < 4.78 is 11.4. The van der Waals surface area contributed by atoms with Gasteiger partial charge in [-0.3, -0.25) is 9.59 Å². The van der Waals surface area contributed by atoms with Crippen molar-refractivity contribution >= 4 is 11.9 Å². The first-order chi connectivity index (χ1) is 16.1. The van der Waals surface area contributed by atoms with Gasteiger partial charge in [-0.1, -0.05) is 42.5 Å². The molecule has 1 saturated carbocycles. The number of nitrogens with zero attached hydrogens (tertiary/aromatic N) is 1. The zero-order chi connectivity index (χ0) is 23.0. The van der Waals surface area contributed by atoms with Crippen molar-refractivity contribution in [3.05, 3.63) is 90.2 Å². The maximum atomic E-state index is 13.3. The smallest absolute Gasteiger partial charge is 0.307 e. The Morgan fingerprint density at radius 1 is 1.03 bits per heavy atom. The first-order valence-corrected chi connectivity index (χ1v) is 11.1. The van der Waals surface area contributed by atoms with Gasteiger partial charge in [0.15, 0.2) is 0 Å². The number of hydrogen-bond acceptors (Lipinski definition) is 4. The number of hydrogen-bond donors (Lipinski definition) is 1. The second kappa shape index (κ2) is 10.7. The zero-order valence-electron chi connectivity index (χ0n) is 18.4. The summed E-state index contributed by atoms with van der Waals surface area (Å²) in [6.45, 7) is 0.924. The summed E-state index contributed by atoms with van der Waals surface area (Å²) in [5, 5.41) is 8.68. The van der Waals surface area contributed by atoms with Gasteiger partial charge in [-0.2, -0.15) is 0 Å². The number of carbonyl (C=O) groups is 2. The van der Waals surface area contributed by atoms with Gasteiger partial charge >= 0.3 is 5.97 Å². The lowest BCUT2D eigenvalue weighted by atomic mass is 10.1. The fraction of sp³-hybridized carbons (Fsp3) is 0.259. The molecule has 1 aliphatic carbocycles. The van der Waals surface area contributed by atoms with Crippen molar-refractivity contribution in [1.82, 2.24) is 4.90 Å². The summed E-state index contributed by atoms with van der Waals surface area (Å²) in [5.41, 5.74) is 2.55. The predicted molar refractivity (Wildman–Crippen MR) is 125 cm³/mol. The molecule has 2 aromatic carbocycles. The number of benzene rings is 2. The van der Waals surface area contributed by atoms with E-state index < -0.39 is 5.97 Å². The SMILES string of the molecule is O=C(O)CC=CCCOc1ccccc1CN(C(=O)c1ccc(-c2ccco2)cc1)C1CC1. The number of ether oxygens (including phenoxy) is 1. The van der Waals surface area contributed by atoms with Crippen LogP contribution in [0.25, 0.3) is 11.3 Å². The fourth-order valence-corrected chi connectivity index (χ4v) is 3.64. The van der Waals surface area contributed by atoms with Crippen LogP contribution < -0.4 is 4.74 Å². The Kier molecular flexibility index (Phi) is 7.25. The second-order valence-electron chi connectivity index (χ2n) is 8.03. The average Bonchev–Trinajstić information content (AvgIpc) is 3.52. The minimum Gasteiger partial charge on any atom is -0.493 e. The third-order valence-corrected chi connectivity index (χ3v) is 5.50. The van der Waals surface area contributed by atoms with E-state index in [-0.39, 0.29) is 18.4 Å². The van der Waals surface area contributed by atoms with Gasteiger partial charge in [0, 0.05) is 29.3 Å². The number of para-hydroxylation sites is 1. The van der Waals surface area contributed by atoms with E-state index in [4.69, 9.17) is 14.3 Å². The molecule has 1 N–H and O–H groups in total. The highest BCUT2D eigenvalue weighted by Gasteiger charge is 2.33. The molecule has 6 nitrogen and oxygen atoms in total. The van der Waals surface area contributed by atoms with E-state index in [9.17, 15) is 9.59 Å². The number of aliphatic carboxylic acids is 1. The molecule has 0 atom stereocenters. The third-order valence-electron chi connectivity index (χ3n) is 5.50. The van der Waals surface area contributed by atoms with Crippen LogP contribution in [-0.2, 0) is 11.3 Å². The van der Waals surface area contributed by atoms with Gasteiger partial charge in [0.1, 0.15) is 11.5 Å². The van der Waals surface area contributed by atoms with E-state index in [1.807, 2.05) is 71.6 Å². The lowest BCUT2D eigenvalue weighted by Gasteiger charge is -2.24. The van der Waals surface area contributed by atoms with Crippen LogP contribution in [0, 0.1) is 0 Å². The normalized spacial score (nSPS) is 13.2. The Bertz CT molecular complexity index is 1100. The molecule has 0 radical (unpaired) electrons. The molecule has 1 aliphatic rings. The maximum Gasteiger partial charge on any atom is 0.307 e. The van der Waals surface area contributed by atoms with Gasteiger partial charge in [-0.15, -0.1) is 0 Å². The number of rotatable bonds is 11. The number of furan rings is 1. The van der Waals surface area contributed by atoms with Gasteiger partial charge in [0.05, 0.1) is 19.3 Å². The van der Waals surface area contributed by atoms with Gasteiger partial charge < -0.3 is 19.2 Å². The van der Waals surface area contributed by atoms with Crippen molar-refractivity contribution in [2.45, 2.75) is 38.3 Å². The molecular formula is C27H27NO5. The summed E-state index contributed by atoms with van der Waals surface area (Å²) in [4.78, 5) is 25.8. The van der Waals surface area contributed by atoms with Crippen LogP contribution in [0.4, 0.5) is 0 Å². The first kappa shape index (κ1) is 22.4. The van der Waals surface area contributed by atoms with Crippen LogP contribution in [0.5, 0.6) is 5.75 Å². The summed E-state index contributed by atoms with van der Waals surface area (Å²) in [6.07, 6.45) is 7.72. The molecule has 1 heterocycles. The predicted octanol–water partition coefficient (Wildman–Crippen LogP) is 5.55. The van der Waals surface area contributed by atoms with E-state index in [0.717, 1.165) is 35.5 Å². The molecule has 33 heavy (non-hydrogen) atoms. The molecular weight excluding hydrogens is 418 g/mol. The Balaban J connectivity index is 1.41. The highest BCUT2D eigenvalue weighted by molar-refractivity contribution is 5.95. The van der Waals surface area contributed by atoms with Crippen LogP contribution in [0.15, 0.2) is 83.5 Å². The molecule has 1 aromatic heterocycles. The molecule has 0 saturated heterocycles. The van der Waals surface area contributed by atoms with Gasteiger partial charge in [-0.05, 0) is 49.6 Å². The van der Waals surface area contributed by atoms with Crippen LogP contribution in [0.3, 0.4) is 0 Å². The third kappa shape index (κ3) is 6.13. The minimum atomic E-state index is -0.849. The lowest BCUT2D eigenvalue weighted by Crippen LogP contribution is -2.32. The highest BCUT2D eigenvalue weighted by atomic mass is 16.5. The average molecular weight is 446 g/mol. The zero-order valence-corrected chi connectivity index (χ0v) is 18.4. The van der Waals surface area contributed by atoms with E-state index in [1.54, 1.807) is 12.3 Å². The molecule has 0 bridgehead atoms. The Labute approximate surface area is 193 Å². The van der Waals surface area contributed by atoms with Crippen LogP contribution in [0.1, 0.15) is 41.6 Å². The molecule has 4 rings (SSSR count). The standard InChI is InChI=1S/C27H27NO5/c29-26(30)10-2-1-5-17-32-25-8-4-3-7-22(25)19-28(23-15-16-23)27(31)21-13-11-20(12-14-21)24-9-6-18-33-24/h1-4,6-9,11-14,18,23H,5,10,15-17,19H2,(H,29,30). The van der Waals surface area contributed by atoms with Crippen LogP contribution in [0.2, 0.25) is 0 Å². The molecule has 0 spiro atoms. The topological polar surface area (TPSA) is 80.0 Å². The van der Waals surface area contributed by atoms with Crippen molar-refractivity contribution in [3.8, 4) is 17.1 Å². The molecule has 1 fully saturated rings. The molecule has 0 unspecified atom stereocenters. The van der Waals surface area contributed by atoms with Crippen LogP contribution in [-0.4, -0.2) is 34.5 Å².